The van der Waals surface area contributed by atoms with Gasteiger partial charge < -0.3 is 15.2 Å². The fourth-order valence-corrected chi connectivity index (χ4v) is 1.56. The van der Waals surface area contributed by atoms with Crippen LogP contribution in [0.5, 0.6) is 17.5 Å². The first-order valence-electron chi connectivity index (χ1n) is 5.71. The van der Waals surface area contributed by atoms with Gasteiger partial charge in [0.25, 0.3) is 0 Å². The molecule has 2 N–H and O–H groups in total. The van der Waals surface area contributed by atoms with Crippen molar-refractivity contribution < 1.29 is 9.47 Å². The van der Waals surface area contributed by atoms with Crippen LogP contribution < -0.4 is 15.2 Å². The van der Waals surface area contributed by atoms with Gasteiger partial charge >= 0.3 is 0 Å². The summed E-state index contributed by atoms with van der Waals surface area (Å²) in [4.78, 5) is 4.21. The molecule has 0 fully saturated rings. The Kier molecular flexibility index (Phi) is 3.79. The zero-order valence-electron chi connectivity index (χ0n) is 10.5. The molecule has 0 aliphatic carbocycles. The molecule has 0 radical (unpaired) electrons. The van der Waals surface area contributed by atoms with Gasteiger partial charge in [-0.15, -0.1) is 0 Å². The first-order chi connectivity index (χ1) is 8.72. The SMILES string of the molecule is COc1cccc(Oc2cc(CN)ccc2C)n1. The van der Waals surface area contributed by atoms with Crippen LogP contribution in [0.1, 0.15) is 11.1 Å². The molecule has 4 heteroatoms. The van der Waals surface area contributed by atoms with Crippen molar-refractivity contribution in [3.63, 3.8) is 0 Å². The lowest BCUT2D eigenvalue weighted by atomic mass is 10.1. The van der Waals surface area contributed by atoms with E-state index < -0.39 is 0 Å². The van der Waals surface area contributed by atoms with E-state index in [0.717, 1.165) is 16.9 Å². The Bertz CT molecular complexity index is 541. The van der Waals surface area contributed by atoms with Gasteiger partial charge in [-0.2, -0.15) is 4.98 Å². The Morgan fingerprint density at radius 2 is 1.94 bits per heavy atom. The van der Waals surface area contributed by atoms with Crippen molar-refractivity contribution in [3.8, 4) is 17.5 Å². The standard InChI is InChI=1S/C14H16N2O2/c1-10-6-7-11(9-15)8-12(10)18-14-5-3-4-13(16-14)17-2/h3-8H,9,15H2,1-2H3. The molecular formula is C14H16N2O2. The Balaban J connectivity index is 2.27. The normalized spacial score (nSPS) is 10.2. The predicted molar refractivity (Wildman–Crippen MR) is 69.9 cm³/mol. The zero-order chi connectivity index (χ0) is 13.0. The molecule has 4 nitrogen and oxygen atoms in total. The summed E-state index contributed by atoms with van der Waals surface area (Å²) in [6.45, 7) is 2.47. The first kappa shape index (κ1) is 12.4. The van der Waals surface area contributed by atoms with Crippen LogP contribution in [0.4, 0.5) is 0 Å². The average Bonchev–Trinajstić information content (AvgIpc) is 2.41. The average molecular weight is 244 g/mol. The Morgan fingerprint density at radius 1 is 1.17 bits per heavy atom. The van der Waals surface area contributed by atoms with E-state index in [2.05, 4.69) is 4.98 Å². The summed E-state index contributed by atoms with van der Waals surface area (Å²) in [6, 6.07) is 11.3. The third-order valence-electron chi connectivity index (χ3n) is 2.61. The van der Waals surface area contributed by atoms with E-state index in [1.165, 1.54) is 0 Å². The number of aromatic nitrogens is 1. The van der Waals surface area contributed by atoms with Crippen LogP contribution in [0.2, 0.25) is 0 Å². The van der Waals surface area contributed by atoms with E-state index in [1.807, 2.05) is 31.2 Å². The lowest BCUT2D eigenvalue weighted by Gasteiger charge is -2.10. The van der Waals surface area contributed by atoms with E-state index in [0.29, 0.717) is 18.3 Å². The minimum Gasteiger partial charge on any atom is -0.481 e. The van der Waals surface area contributed by atoms with Crippen LogP contribution in [0, 0.1) is 6.92 Å². The van der Waals surface area contributed by atoms with Crippen LogP contribution >= 0.6 is 0 Å². The number of methoxy groups -OCH3 is 1. The minimum atomic E-state index is 0.488. The highest BCUT2D eigenvalue weighted by Gasteiger charge is 2.04. The molecule has 0 unspecified atom stereocenters. The molecule has 0 spiro atoms. The molecule has 2 aromatic rings. The number of pyridine rings is 1. The Labute approximate surface area is 106 Å². The second-order valence-electron chi connectivity index (χ2n) is 3.92. The van der Waals surface area contributed by atoms with Crippen molar-refractivity contribution in [2.24, 2.45) is 5.73 Å². The number of nitrogens with two attached hydrogens (primary N) is 1. The van der Waals surface area contributed by atoms with Crippen molar-refractivity contribution in [3.05, 3.63) is 47.5 Å². The molecule has 0 aliphatic heterocycles. The van der Waals surface area contributed by atoms with E-state index in [-0.39, 0.29) is 0 Å². The number of rotatable bonds is 4. The first-order valence-corrected chi connectivity index (χ1v) is 5.71. The van der Waals surface area contributed by atoms with Crippen LogP contribution in [0.25, 0.3) is 0 Å². The summed E-state index contributed by atoms with van der Waals surface area (Å²) < 4.78 is 10.8. The second-order valence-corrected chi connectivity index (χ2v) is 3.92. The summed E-state index contributed by atoms with van der Waals surface area (Å²) >= 11 is 0. The largest absolute Gasteiger partial charge is 0.481 e. The van der Waals surface area contributed by atoms with Gasteiger partial charge in [0.15, 0.2) is 0 Å². The van der Waals surface area contributed by atoms with Crippen molar-refractivity contribution in [2.75, 3.05) is 7.11 Å². The quantitative estimate of drug-likeness (QED) is 0.898. The van der Waals surface area contributed by atoms with Gasteiger partial charge in [0, 0.05) is 18.7 Å². The fourth-order valence-electron chi connectivity index (χ4n) is 1.56. The van der Waals surface area contributed by atoms with Gasteiger partial charge in [-0.25, -0.2) is 0 Å². The number of nitrogens with zero attached hydrogens (tertiary/aromatic N) is 1. The number of ether oxygens (including phenoxy) is 2. The van der Waals surface area contributed by atoms with Gasteiger partial charge in [-0.05, 0) is 24.1 Å². The fraction of sp³-hybridized carbons (Fsp3) is 0.214. The number of aryl methyl sites for hydroxylation is 1. The van der Waals surface area contributed by atoms with Gasteiger partial charge in [-0.3, -0.25) is 0 Å². The Hall–Kier alpha value is -2.07. The van der Waals surface area contributed by atoms with Crippen molar-refractivity contribution in [2.45, 2.75) is 13.5 Å². The monoisotopic (exact) mass is 244 g/mol. The molecule has 1 aromatic heterocycles. The number of hydrogen-bond acceptors (Lipinski definition) is 4. The van der Waals surface area contributed by atoms with E-state index >= 15 is 0 Å². The van der Waals surface area contributed by atoms with Gasteiger partial charge in [0.1, 0.15) is 5.75 Å². The number of hydrogen-bond donors (Lipinski definition) is 1. The Morgan fingerprint density at radius 3 is 2.67 bits per heavy atom. The molecule has 0 saturated heterocycles. The molecule has 2 rings (SSSR count). The van der Waals surface area contributed by atoms with Gasteiger partial charge in [-0.1, -0.05) is 18.2 Å². The maximum absolute atomic E-state index is 5.75. The molecule has 18 heavy (non-hydrogen) atoms. The predicted octanol–water partition coefficient (Wildman–Crippen LogP) is 2.65. The molecule has 0 amide bonds. The summed E-state index contributed by atoms with van der Waals surface area (Å²) in [6.07, 6.45) is 0. The smallest absolute Gasteiger partial charge is 0.222 e. The highest BCUT2D eigenvalue weighted by atomic mass is 16.5. The zero-order valence-corrected chi connectivity index (χ0v) is 10.5. The lowest BCUT2D eigenvalue weighted by Crippen LogP contribution is -1.98. The molecule has 0 aliphatic rings. The van der Waals surface area contributed by atoms with E-state index in [4.69, 9.17) is 15.2 Å². The summed E-state index contributed by atoms with van der Waals surface area (Å²) in [5.74, 6) is 1.80. The van der Waals surface area contributed by atoms with Crippen LogP contribution in [-0.2, 0) is 6.54 Å². The van der Waals surface area contributed by atoms with Crippen molar-refractivity contribution >= 4 is 0 Å². The van der Waals surface area contributed by atoms with Gasteiger partial charge in [0.2, 0.25) is 11.8 Å². The molecule has 1 aromatic carbocycles. The topological polar surface area (TPSA) is 57.4 Å². The number of benzene rings is 1. The summed E-state index contributed by atoms with van der Waals surface area (Å²) in [5.41, 5.74) is 7.68. The molecule has 0 saturated carbocycles. The molecular weight excluding hydrogens is 228 g/mol. The minimum absolute atomic E-state index is 0.488. The van der Waals surface area contributed by atoms with Gasteiger partial charge in [0.05, 0.1) is 7.11 Å². The summed E-state index contributed by atoms with van der Waals surface area (Å²) in [5, 5.41) is 0. The van der Waals surface area contributed by atoms with E-state index in [1.54, 1.807) is 19.2 Å². The lowest BCUT2D eigenvalue weighted by molar-refractivity contribution is 0.383. The van der Waals surface area contributed by atoms with E-state index in [9.17, 15) is 0 Å². The third kappa shape index (κ3) is 2.78. The van der Waals surface area contributed by atoms with Crippen molar-refractivity contribution in [1.82, 2.24) is 4.98 Å². The molecule has 1 heterocycles. The van der Waals surface area contributed by atoms with Crippen LogP contribution in [0.3, 0.4) is 0 Å². The van der Waals surface area contributed by atoms with Crippen LogP contribution in [0.15, 0.2) is 36.4 Å². The highest BCUT2D eigenvalue weighted by Crippen LogP contribution is 2.25. The maximum atomic E-state index is 5.75. The second kappa shape index (κ2) is 5.51. The van der Waals surface area contributed by atoms with Crippen molar-refractivity contribution in [1.29, 1.82) is 0 Å². The molecule has 0 atom stereocenters. The van der Waals surface area contributed by atoms with Crippen LogP contribution in [-0.4, -0.2) is 12.1 Å². The molecule has 94 valence electrons. The molecule has 0 bridgehead atoms. The third-order valence-corrected chi connectivity index (χ3v) is 2.61. The maximum Gasteiger partial charge on any atom is 0.222 e. The summed E-state index contributed by atoms with van der Waals surface area (Å²) in [7, 11) is 1.58. The highest BCUT2D eigenvalue weighted by molar-refractivity contribution is 5.39.